The van der Waals surface area contributed by atoms with Gasteiger partial charge in [0.1, 0.15) is 0 Å². The van der Waals surface area contributed by atoms with Gasteiger partial charge in [-0.25, -0.2) is 9.59 Å². The van der Waals surface area contributed by atoms with Gasteiger partial charge in [-0.2, -0.15) is 0 Å². The molecule has 0 aromatic heterocycles. The fourth-order valence-electron chi connectivity index (χ4n) is 2.23. The van der Waals surface area contributed by atoms with Gasteiger partial charge in [-0.15, -0.1) is 12.3 Å². The maximum Gasteiger partial charge on any atom is 0.335 e. The standard InChI is InChI=1S/C15H16N2O3/c1-2-3-4-8-16-15(20)17-9-7-11-10-12(14(18)19)5-6-13(11)17/h1,5-6,10H,3-4,7-9H2,(H,16,20)(H,18,19). The molecular weight excluding hydrogens is 256 g/mol. The fourth-order valence-corrected chi connectivity index (χ4v) is 2.23. The molecule has 0 spiro atoms. The molecule has 0 unspecified atom stereocenters. The Morgan fingerprint density at radius 1 is 1.45 bits per heavy atom. The van der Waals surface area contributed by atoms with E-state index in [1.165, 1.54) is 6.07 Å². The smallest absolute Gasteiger partial charge is 0.335 e. The molecule has 104 valence electrons. The number of hydrogen-bond donors (Lipinski definition) is 2. The van der Waals surface area contributed by atoms with E-state index in [0.717, 1.165) is 17.7 Å². The van der Waals surface area contributed by atoms with Crippen molar-refractivity contribution < 1.29 is 14.7 Å². The highest BCUT2D eigenvalue weighted by Gasteiger charge is 2.25. The lowest BCUT2D eigenvalue weighted by Crippen LogP contribution is -2.39. The van der Waals surface area contributed by atoms with Crippen LogP contribution in [0.25, 0.3) is 0 Å². The number of hydrogen-bond acceptors (Lipinski definition) is 2. The van der Waals surface area contributed by atoms with Crippen LogP contribution in [-0.2, 0) is 6.42 Å². The van der Waals surface area contributed by atoms with Crippen molar-refractivity contribution in [2.75, 3.05) is 18.0 Å². The number of amides is 2. The molecule has 5 nitrogen and oxygen atoms in total. The van der Waals surface area contributed by atoms with E-state index in [1.54, 1.807) is 17.0 Å². The van der Waals surface area contributed by atoms with Gasteiger partial charge in [-0.3, -0.25) is 4.90 Å². The van der Waals surface area contributed by atoms with E-state index in [-0.39, 0.29) is 11.6 Å². The van der Waals surface area contributed by atoms with Crippen LogP contribution in [0.3, 0.4) is 0 Å². The molecule has 1 heterocycles. The predicted molar refractivity (Wildman–Crippen MR) is 75.9 cm³/mol. The molecule has 0 radical (unpaired) electrons. The fraction of sp³-hybridized carbons (Fsp3) is 0.333. The van der Waals surface area contributed by atoms with Crippen molar-refractivity contribution in [2.45, 2.75) is 19.3 Å². The number of carbonyl (C=O) groups excluding carboxylic acids is 1. The van der Waals surface area contributed by atoms with E-state index in [1.807, 2.05) is 0 Å². The monoisotopic (exact) mass is 272 g/mol. The number of nitrogens with zero attached hydrogens (tertiary/aromatic N) is 1. The number of nitrogens with one attached hydrogen (secondary N) is 1. The molecule has 0 atom stereocenters. The average Bonchev–Trinajstić information content (AvgIpc) is 2.86. The maximum atomic E-state index is 12.0. The van der Waals surface area contributed by atoms with E-state index >= 15 is 0 Å². The lowest BCUT2D eigenvalue weighted by Gasteiger charge is -2.18. The Morgan fingerprint density at radius 2 is 2.25 bits per heavy atom. The molecule has 2 rings (SSSR count). The van der Waals surface area contributed by atoms with Gasteiger partial charge in [0.15, 0.2) is 0 Å². The molecule has 0 aliphatic carbocycles. The largest absolute Gasteiger partial charge is 0.478 e. The highest BCUT2D eigenvalue weighted by Crippen LogP contribution is 2.28. The molecule has 2 amide bonds. The van der Waals surface area contributed by atoms with Crippen LogP contribution in [0.4, 0.5) is 10.5 Å². The normalized spacial score (nSPS) is 12.7. The minimum absolute atomic E-state index is 0.163. The third-order valence-electron chi connectivity index (χ3n) is 3.24. The van der Waals surface area contributed by atoms with Crippen molar-refractivity contribution in [3.63, 3.8) is 0 Å². The molecular formula is C15H16N2O3. The van der Waals surface area contributed by atoms with Crippen molar-refractivity contribution in [3.05, 3.63) is 29.3 Å². The van der Waals surface area contributed by atoms with Gasteiger partial charge in [0.2, 0.25) is 0 Å². The second kappa shape index (κ2) is 6.11. The first-order chi connectivity index (χ1) is 9.63. The summed E-state index contributed by atoms with van der Waals surface area (Å²) in [4.78, 5) is 24.6. The molecule has 1 aliphatic rings. The van der Waals surface area contributed by atoms with Crippen LogP contribution >= 0.6 is 0 Å². The Kier molecular flexibility index (Phi) is 4.26. The summed E-state index contributed by atoms with van der Waals surface area (Å²) >= 11 is 0. The SMILES string of the molecule is C#CCCCNC(=O)N1CCc2cc(C(=O)O)ccc21. The van der Waals surface area contributed by atoms with Crippen LogP contribution in [0.15, 0.2) is 18.2 Å². The number of carboxylic acid groups (broad SMARTS) is 1. The molecule has 5 heteroatoms. The van der Waals surface area contributed by atoms with Crippen molar-refractivity contribution in [1.82, 2.24) is 5.32 Å². The first kappa shape index (κ1) is 13.9. The number of terminal acetylenes is 1. The third-order valence-corrected chi connectivity index (χ3v) is 3.24. The quantitative estimate of drug-likeness (QED) is 0.649. The van der Waals surface area contributed by atoms with Crippen LogP contribution in [0, 0.1) is 12.3 Å². The summed E-state index contributed by atoms with van der Waals surface area (Å²) in [6.07, 6.45) is 7.21. The zero-order valence-corrected chi connectivity index (χ0v) is 11.1. The second-order valence-electron chi connectivity index (χ2n) is 4.59. The van der Waals surface area contributed by atoms with Crippen molar-refractivity contribution in [1.29, 1.82) is 0 Å². The van der Waals surface area contributed by atoms with E-state index in [9.17, 15) is 9.59 Å². The number of unbranched alkanes of at least 4 members (excludes halogenated alkanes) is 1. The van der Waals surface area contributed by atoms with Crippen LogP contribution in [-0.4, -0.2) is 30.2 Å². The summed E-state index contributed by atoms with van der Waals surface area (Å²) in [6.45, 7) is 1.11. The molecule has 1 aromatic carbocycles. The summed E-state index contributed by atoms with van der Waals surface area (Å²) in [5.41, 5.74) is 1.92. The predicted octanol–water partition coefficient (Wildman–Crippen LogP) is 1.87. The molecule has 1 aromatic rings. The summed E-state index contributed by atoms with van der Waals surface area (Å²) in [6, 6.07) is 4.67. The Morgan fingerprint density at radius 3 is 2.95 bits per heavy atom. The number of carbonyl (C=O) groups is 2. The number of urea groups is 1. The Balaban J connectivity index is 2.03. The number of rotatable bonds is 4. The van der Waals surface area contributed by atoms with Crippen LogP contribution < -0.4 is 10.2 Å². The summed E-state index contributed by atoms with van der Waals surface area (Å²) in [5.74, 6) is 1.57. The highest BCUT2D eigenvalue weighted by atomic mass is 16.4. The topological polar surface area (TPSA) is 69.6 Å². The zero-order chi connectivity index (χ0) is 14.5. The minimum atomic E-state index is -0.954. The van der Waals surface area contributed by atoms with Gasteiger partial charge in [0.25, 0.3) is 0 Å². The van der Waals surface area contributed by atoms with Gasteiger partial charge in [0.05, 0.1) is 5.56 Å². The zero-order valence-electron chi connectivity index (χ0n) is 11.1. The van der Waals surface area contributed by atoms with E-state index < -0.39 is 5.97 Å². The number of fused-ring (bicyclic) bond motifs is 1. The number of anilines is 1. The van der Waals surface area contributed by atoms with Gasteiger partial charge in [0, 0.05) is 25.2 Å². The number of benzene rings is 1. The third kappa shape index (κ3) is 2.91. The molecule has 0 saturated carbocycles. The summed E-state index contributed by atoms with van der Waals surface area (Å²) < 4.78 is 0. The number of aromatic carboxylic acids is 1. The molecule has 0 fully saturated rings. The van der Waals surface area contributed by atoms with Gasteiger partial charge in [-0.05, 0) is 36.6 Å². The molecule has 0 saturated heterocycles. The van der Waals surface area contributed by atoms with Crippen LogP contribution in [0.5, 0.6) is 0 Å². The van der Waals surface area contributed by atoms with Crippen molar-refractivity contribution in [3.8, 4) is 12.3 Å². The molecule has 20 heavy (non-hydrogen) atoms. The molecule has 2 N–H and O–H groups in total. The van der Waals surface area contributed by atoms with Gasteiger partial charge < -0.3 is 10.4 Å². The summed E-state index contributed by atoms with van der Waals surface area (Å²) in [7, 11) is 0. The van der Waals surface area contributed by atoms with Crippen molar-refractivity contribution in [2.24, 2.45) is 0 Å². The highest BCUT2D eigenvalue weighted by molar-refractivity contribution is 5.95. The first-order valence-electron chi connectivity index (χ1n) is 6.48. The molecule has 1 aliphatic heterocycles. The van der Waals surface area contributed by atoms with E-state index in [4.69, 9.17) is 11.5 Å². The van der Waals surface area contributed by atoms with Crippen LogP contribution in [0.1, 0.15) is 28.8 Å². The summed E-state index contributed by atoms with van der Waals surface area (Å²) in [5, 5.41) is 11.8. The lowest BCUT2D eigenvalue weighted by atomic mass is 10.1. The Bertz CT molecular complexity index is 575. The molecule has 0 bridgehead atoms. The van der Waals surface area contributed by atoms with Gasteiger partial charge in [-0.1, -0.05) is 0 Å². The van der Waals surface area contributed by atoms with E-state index in [0.29, 0.717) is 25.9 Å². The Labute approximate surface area is 117 Å². The van der Waals surface area contributed by atoms with Crippen molar-refractivity contribution >= 4 is 17.7 Å². The average molecular weight is 272 g/mol. The van der Waals surface area contributed by atoms with Crippen LogP contribution in [0.2, 0.25) is 0 Å². The number of carboxylic acids is 1. The first-order valence-corrected chi connectivity index (χ1v) is 6.48. The van der Waals surface area contributed by atoms with E-state index in [2.05, 4.69) is 11.2 Å². The minimum Gasteiger partial charge on any atom is -0.478 e. The second-order valence-corrected chi connectivity index (χ2v) is 4.59. The lowest BCUT2D eigenvalue weighted by molar-refractivity contribution is 0.0697. The maximum absolute atomic E-state index is 12.0. The Hall–Kier alpha value is -2.48. The van der Waals surface area contributed by atoms with Gasteiger partial charge >= 0.3 is 12.0 Å².